The lowest BCUT2D eigenvalue weighted by atomic mass is 9.97. The van der Waals surface area contributed by atoms with Crippen molar-refractivity contribution in [3.05, 3.63) is 72.1 Å². The van der Waals surface area contributed by atoms with E-state index in [1.165, 1.54) is 30.4 Å². The van der Waals surface area contributed by atoms with Crippen LogP contribution in [0.3, 0.4) is 0 Å². The monoisotopic (exact) mass is 337 g/mol. The third kappa shape index (κ3) is 6.02. The van der Waals surface area contributed by atoms with Crippen LogP contribution < -0.4 is 11.3 Å². The van der Waals surface area contributed by atoms with Gasteiger partial charge in [-0.3, -0.25) is 10.8 Å². The van der Waals surface area contributed by atoms with Crippen LogP contribution in [-0.2, 0) is 6.42 Å². The summed E-state index contributed by atoms with van der Waals surface area (Å²) >= 11 is 0. The fraction of sp³-hybridized carbons (Fsp3) is 0.409. The molecule has 0 saturated heterocycles. The molecule has 1 aliphatic rings. The van der Waals surface area contributed by atoms with Crippen molar-refractivity contribution in [2.75, 3.05) is 0 Å². The second-order valence-corrected chi connectivity index (χ2v) is 7.24. The fourth-order valence-electron chi connectivity index (χ4n) is 3.49. The normalized spacial score (nSPS) is 21.2. The van der Waals surface area contributed by atoms with Gasteiger partial charge in [-0.25, -0.2) is 0 Å². The Bertz CT molecular complexity index is 670. The second kappa shape index (κ2) is 9.38. The zero-order valence-corrected chi connectivity index (χ0v) is 15.6. The lowest BCUT2D eigenvalue weighted by molar-refractivity contribution is 0.514. The molecule has 3 N–H and O–H groups in total. The minimum absolute atomic E-state index is 0.714. The molecular weight excluding hydrogens is 306 g/mol. The highest BCUT2D eigenvalue weighted by Crippen LogP contribution is 2.34. The van der Waals surface area contributed by atoms with Crippen molar-refractivity contribution >= 4 is 5.71 Å². The number of rotatable bonds is 8. The molecule has 1 aromatic carbocycles. The maximum absolute atomic E-state index is 5.40. The minimum Gasteiger partial charge on any atom is -0.329 e. The van der Waals surface area contributed by atoms with E-state index in [4.69, 9.17) is 5.84 Å². The van der Waals surface area contributed by atoms with Crippen LogP contribution in [-0.4, -0.2) is 5.71 Å². The molecule has 0 radical (unpaired) electrons. The highest BCUT2D eigenvalue weighted by atomic mass is 15.2. The van der Waals surface area contributed by atoms with E-state index < -0.39 is 0 Å². The van der Waals surface area contributed by atoms with Crippen LogP contribution in [0.2, 0.25) is 0 Å². The number of nitrogens with zero attached hydrogens (tertiary/aromatic N) is 1. The number of benzene rings is 1. The van der Waals surface area contributed by atoms with E-state index in [0.717, 1.165) is 35.2 Å². The summed E-state index contributed by atoms with van der Waals surface area (Å²) in [5.41, 5.74) is 7.93. The molecule has 3 heteroatoms. The third-order valence-corrected chi connectivity index (χ3v) is 4.98. The number of allylic oxidation sites excluding steroid dienone is 3. The van der Waals surface area contributed by atoms with Crippen LogP contribution in [0.1, 0.15) is 50.7 Å². The molecule has 1 saturated carbocycles. The van der Waals surface area contributed by atoms with E-state index in [9.17, 15) is 0 Å². The van der Waals surface area contributed by atoms with Crippen LogP contribution in [0.15, 0.2) is 66.0 Å². The summed E-state index contributed by atoms with van der Waals surface area (Å²) in [6.45, 7) is 12.2. The molecule has 1 aromatic rings. The van der Waals surface area contributed by atoms with E-state index in [0.29, 0.717) is 6.42 Å². The van der Waals surface area contributed by atoms with E-state index >= 15 is 0 Å². The smallest absolute Gasteiger partial charge is 0.0445 e. The molecule has 0 aliphatic heterocycles. The molecular formula is C22H31N3. The van der Waals surface area contributed by atoms with Gasteiger partial charge >= 0.3 is 0 Å². The van der Waals surface area contributed by atoms with Crippen molar-refractivity contribution in [1.29, 1.82) is 0 Å². The van der Waals surface area contributed by atoms with Crippen LogP contribution in [0, 0.1) is 11.8 Å². The van der Waals surface area contributed by atoms with Crippen molar-refractivity contribution in [2.24, 2.45) is 22.7 Å². The van der Waals surface area contributed by atoms with E-state index in [2.05, 4.69) is 48.7 Å². The lowest BCUT2D eigenvalue weighted by Crippen LogP contribution is -2.21. The maximum atomic E-state index is 5.40. The molecule has 3 nitrogen and oxygen atoms in total. The van der Waals surface area contributed by atoms with Crippen LogP contribution in [0.4, 0.5) is 0 Å². The Labute approximate surface area is 152 Å². The van der Waals surface area contributed by atoms with Gasteiger partial charge in [-0.15, -0.1) is 0 Å². The van der Waals surface area contributed by atoms with Gasteiger partial charge in [0.2, 0.25) is 0 Å². The molecule has 2 unspecified atom stereocenters. The second-order valence-electron chi connectivity index (χ2n) is 7.24. The van der Waals surface area contributed by atoms with Gasteiger partial charge in [-0.05, 0) is 60.8 Å². The van der Waals surface area contributed by atoms with Gasteiger partial charge in [-0.2, -0.15) is 0 Å². The van der Waals surface area contributed by atoms with Crippen molar-refractivity contribution in [2.45, 2.75) is 46.0 Å². The van der Waals surface area contributed by atoms with Gasteiger partial charge in [-0.1, -0.05) is 50.8 Å². The summed E-state index contributed by atoms with van der Waals surface area (Å²) in [4.78, 5) is 4.69. The Morgan fingerprint density at radius 3 is 2.84 bits per heavy atom. The topological polar surface area (TPSA) is 50.4 Å². The number of nitrogens with one attached hydrogen (secondary N) is 1. The molecule has 0 bridgehead atoms. The average molecular weight is 338 g/mol. The first-order chi connectivity index (χ1) is 12.0. The molecule has 0 aromatic heterocycles. The summed E-state index contributed by atoms with van der Waals surface area (Å²) in [6, 6.07) is 8.35. The first kappa shape index (κ1) is 19.2. The molecule has 25 heavy (non-hydrogen) atoms. The third-order valence-electron chi connectivity index (χ3n) is 4.98. The summed E-state index contributed by atoms with van der Waals surface area (Å²) < 4.78 is 0. The Morgan fingerprint density at radius 1 is 1.40 bits per heavy atom. The van der Waals surface area contributed by atoms with Crippen molar-refractivity contribution in [1.82, 2.24) is 5.43 Å². The van der Waals surface area contributed by atoms with Gasteiger partial charge in [0.1, 0.15) is 0 Å². The largest absolute Gasteiger partial charge is 0.329 e. The van der Waals surface area contributed by atoms with Crippen molar-refractivity contribution in [3.63, 3.8) is 0 Å². The van der Waals surface area contributed by atoms with Gasteiger partial charge in [0.05, 0.1) is 0 Å². The molecule has 0 spiro atoms. The van der Waals surface area contributed by atoms with Gasteiger partial charge in [0.15, 0.2) is 0 Å². The number of aliphatic imine (C=N–C) groups is 1. The average Bonchev–Trinajstić information content (AvgIpc) is 3.03. The van der Waals surface area contributed by atoms with Crippen molar-refractivity contribution in [3.8, 4) is 0 Å². The summed E-state index contributed by atoms with van der Waals surface area (Å²) in [7, 11) is 0. The highest BCUT2D eigenvalue weighted by Gasteiger charge is 2.21. The van der Waals surface area contributed by atoms with Gasteiger partial charge in [0.25, 0.3) is 0 Å². The van der Waals surface area contributed by atoms with Gasteiger partial charge in [0, 0.05) is 24.0 Å². The molecule has 2 rings (SSSR count). The molecule has 0 heterocycles. The predicted octanol–water partition coefficient (Wildman–Crippen LogP) is 4.91. The number of hydrogen-bond acceptors (Lipinski definition) is 3. The molecule has 2 atom stereocenters. The Kier molecular flexibility index (Phi) is 7.20. The lowest BCUT2D eigenvalue weighted by Gasteiger charge is -2.10. The van der Waals surface area contributed by atoms with Gasteiger partial charge < -0.3 is 5.43 Å². The first-order valence-electron chi connectivity index (χ1n) is 9.11. The molecule has 1 aliphatic carbocycles. The quantitative estimate of drug-likeness (QED) is 0.306. The van der Waals surface area contributed by atoms with Crippen LogP contribution >= 0.6 is 0 Å². The standard InChI is InChI=1S/C22H31N3/c1-5-19(13-21-10-9-16(2)11-21)15-24-18(4)22-8-6-7-20(14-22)12-17(3)25-23/h5-8,14-16,21,25H,1,3,9-13,23H2,2,4H3/b19-15+,24-18+. The number of hydrogen-bond donors (Lipinski definition) is 2. The fourth-order valence-corrected chi connectivity index (χ4v) is 3.49. The number of hydrazine groups is 1. The SMILES string of the molecule is C=C/C(=C\N=C(/C)c1cccc(CC(=C)NN)c1)CC1CCC(C)C1. The van der Waals surface area contributed by atoms with Crippen molar-refractivity contribution < 1.29 is 0 Å². The molecule has 0 amide bonds. The zero-order valence-electron chi connectivity index (χ0n) is 15.6. The summed E-state index contributed by atoms with van der Waals surface area (Å²) in [6.07, 6.45) is 9.75. The zero-order chi connectivity index (χ0) is 18.2. The first-order valence-corrected chi connectivity index (χ1v) is 9.11. The number of nitrogens with two attached hydrogens (primary N) is 1. The predicted molar refractivity (Wildman–Crippen MR) is 108 cm³/mol. The Morgan fingerprint density at radius 2 is 2.20 bits per heavy atom. The van der Waals surface area contributed by atoms with E-state index in [1.54, 1.807) is 0 Å². The highest BCUT2D eigenvalue weighted by molar-refractivity contribution is 5.99. The Hall–Kier alpha value is -2.13. The van der Waals surface area contributed by atoms with E-state index in [1.807, 2.05) is 25.3 Å². The van der Waals surface area contributed by atoms with Crippen LogP contribution in [0.25, 0.3) is 0 Å². The van der Waals surface area contributed by atoms with E-state index in [-0.39, 0.29) is 0 Å². The Balaban J connectivity index is 2.07. The maximum Gasteiger partial charge on any atom is 0.0445 e. The molecule has 1 fully saturated rings. The minimum atomic E-state index is 0.714. The molecule has 134 valence electrons. The summed E-state index contributed by atoms with van der Waals surface area (Å²) in [5, 5.41) is 0. The van der Waals surface area contributed by atoms with Crippen LogP contribution in [0.5, 0.6) is 0 Å². The summed E-state index contributed by atoms with van der Waals surface area (Å²) in [5.74, 6) is 7.05.